The van der Waals surface area contributed by atoms with Gasteiger partial charge in [-0.2, -0.15) is 0 Å². The molecule has 0 heterocycles. The number of carbonyl (C=O) groups is 3. The van der Waals surface area contributed by atoms with Crippen LogP contribution < -0.4 is 10.6 Å². The second-order valence-corrected chi connectivity index (χ2v) is 9.07. The second-order valence-electron chi connectivity index (χ2n) is 9.07. The molecule has 0 radical (unpaired) electrons. The van der Waals surface area contributed by atoms with E-state index in [2.05, 4.69) is 38.3 Å². The second kappa shape index (κ2) is 9.90. The molecule has 2 rings (SSSR count). The summed E-state index contributed by atoms with van der Waals surface area (Å²) < 4.78 is 5.08. The Morgan fingerprint density at radius 3 is 2.31 bits per heavy atom. The van der Waals surface area contributed by atoms with Gasteiger partial charge in [0.05, 0.1) is 0 Å². The maximum Gasteiger partial charge on any atom is 0.328 e. The van der Waals surface area contributed by atoms with Crippen LogP contribution in [0.15, 0.2) is 24.3 Å². The van der Waals surface area contributed by atoms with E-state index in [4.69, 9.17) is 4.74 Å². The lowest BCUT2D eigenvalue weighted by atomic mass is 9.86. The molecule has 1 aromatic rings. The molecule has 6 heteroatoms. The number of nitrogens with one attached hydrogen (secondary N) is 2. The Hall–Kier alpha value is -2.37. The summed E-state index contributed by atoms with van der Waals surface area (Å²) in [4.78, 5) is 36.6. The molecule has 160 valence electrons. The van der Waals surface area contributed by atoms with Gasteiger partial charge >= 0.3 is 5.97 Å². The van der Waals surface area contributed by atoms with Gasteiger partial charge in [0.1, 0.15) is 6.04 Å². The van der Waals surface area contributed by atoms with E-state index in [0.717, 1.165) is 24.8 Å². The number of hydrogen-bond donors (Lipinski definition) is 2. The Bertz CT molecular complexity index is 721. The van der Waals surface area contributed by atoms with Gasteiger partial charge in [-0.15, -0.1) is 0 Å². The SMILES string of the molecule is C[C@H](NC(=O)c1ccc(C(C)(C)C)cc1)C(=O)OCC(=O)N[C@@H]1CCCC[C@@H]1C. The summed E-state index contributed by atoms with van der Waals surface area (Å²) in [5.74, 6) is -0.841. The van der Waals surface area contributed by atoms with Crippen molar-refractivity contribution in [1.82, 2.24) is 10.6 Å². The first-order chi connectivity index (χ1) is 13.6. The number of carbonyl (C=O) groups excluding carboxylic acids is 3. The highest BCUT2D eigenvalue weighted by molar-refractivity contribution is 5.96. The lowest BCUT2D eigenvalue weighted by Crippen LogP contribution is -2.44. The van der Waals surface area contributed by atoms with Crippen molar-refractivity contribution in [2.75, 3.05) is 6.61 Å². The quantitative estimate of drug-likeness (QED) is 0.715. The smallest absolute Gasteiger partial charge is 0.328 e. The van der Waals surface area contributed by atoms with Gasteiger partial charge in [0.25, 0.3) is 11.8 Å². The first-order valence-corrected chi connectivity index (χ1v) is 10.5. The van der Waals surface area contributed by atoms with E-state index in [9.17, 15) is 14.4 Å². The summed E-state index contributed by atoms with van der Waals surface area (Å²) in [7, 11) is 0. The highest BCUT2D eigenvalue weighted by atomic mass is 16.5. The van der Waals surface area contributed by atoms with Gasteiger partial charge in [0.2, 0.25) is 0 Å². The molecule has 29 heavy (non-hydrogen) atoms. The molecule has 0 saturated heterocycles. The minimum atomic E-state index is -0.841. The number of amides is 2. The van der Waals surface area contributed by atoms with E-state index >= 15 is 0 Å². The van der Waals surface area contributed by atoms with E-state index in [1.807, 2.05) is 12.1 Å². The molecule has 1 saturated carbocycles. The molecule has 2 amide bonds. The van der Waals surface area contributed by atoms with Crippen LogP contribution in [-0.2, 0) is 19.7 Å². The number of ether oxygens (including phenoxy) is 1. The average Bonchev–Trinajstić information content (AvgIpc) is 2.67. The van der Waals surface area contributed by atoms with E-state index in [1.54, 1.807) is 19.1 Å². The Morgan fingerprint density at radius 2 is 1.72 bits per heavy atom. The summed E-state index contributed by atoms with van der Waals surface area (Å²) in [6, 6.07) is 6.61. The topological polar surface area (TPSA) is 84.5 Å². The molecule has 0 unspecified atom stereocenters. The van der Waals surface area contributed by atoms with Crippen LogP contribution in [0.3, 0.4) is 0 Å². The van der Waals surface area contributed by atoms with Crippen molar-refractivity contribution < 1.29 is 19.1 Å². The van der Waals surface area contributed by atoms with Crippen LogP contribution in [0.1, 0.15) is 76.2 Å². The fourth-order valence-corrected chi connectivity index (χ4v) is 3.50. The molecule has 3 atom stereocenters. The standard InChI is InChI=1S/C23H34N2O4/c1-15-8-6-7-9-19(15)25-20(26)14-29-22(28)16(2)24-21(27)17-10-12-18(13-11-17)23(3,4)5/h10-13,15-16,19H,6-9,14H2,1-5H3,(H,24,27)(H,25,26)/t15-,16-,19+/m0/s1. The lowest BCUT2D eigenvalue weighted by molar-refractivity contribution is -0.150. The molecule has 1 aromatic carbocycles. The van der Waals surface area contributed by atoms with E-state index in [-0.39, 0.29) is 29.9 Å². The molecule has 1 aliphatic rings. The van der Waals surface area contributed by atoms with Crippen LogP contribution in [0.2, 0.25) is 0 Å². The van der Waals surface area contributed by atoms with Gasteiger partial charge in [-0.3, -0.25) is 9.59 Å². The molecule has 0 aromatic heterocycles. The van der Waals surface area contributed by atoms with Crippen molar-refractivity contribution >= 4 is 17.8 Å². The third kappa shape index (κ3) is 6.87. The Balaban J connectivity index is 1.79. The molecule has 1 fully saturated rings. The van der Waals surface area contributed by atoms with Gasteiger partial charge in [-0.1, -0.05) is 52.7 Å². The number of esters is 1. The van der Waals surface area contributed by atoms with E-state index < -0.39 is 12.0 Å². The first-order valence-electron chi connectivity index (χ1n) is 10.5. The highest BCUT2D eigenvalue weighted by Gasteiger charge is 2.24. The summed E-state index contributed by atoms with van der Waals surface area (Å²) in [6.45, 7) is 9.65. The predicted molar refractivity (Wildman–Crippen MR) is 113 cm³/mol. The molecule has 0 spiro atoms. The van der Waals surface area contributed by atoms with Crippen molar-refractivity contribution in [3.8, 4) is 0 Å². The Morgan fingerprint density at radius 1 is 1.10 bits per heavy atom. The lowest BCUT2D eigenvalue weighted by Gasteiger charge is -2.29. The van der Waals surface area contributed by atoms with Crippen LogP contribution >= 0.6 is 0 Å². The molecule has 2 N–H and O–H groups in total. The van der Waals surface area contributed by atoms with Gasteiger partial charge in [-0.25, -0.2) is 4.79 Å². The number of rotatable bonds is 6. The molecule has 0 bridgehead atoms. The fourth-order valence-electron chi connectivity index (χ4n) is 3.50. The van der Waals surface area contributed by atoms with Crippen LogP contribution in [0.4, 0.5) is 0 Å². The van der Waals surface area contributed by atoms with Crippen LogP contribution in [0.5, 0.6) is 0 Å². The maximum atomic E-state index is 12.4. The molecule has 0 aliphatic heterocycles. The summed E-state index contributed by atoms with van der Waals surface area (Å²) in [6.07, 6.45) is 4.36. The molecular weight excluding hydrogens is 368 g/mol. The van der Waals surface area contributed by atoms with Gasteiger partial charge in [0, 0.05) is 11.6 Å². The normalized spacial score (nSPS) is 20.4. The third-order valence-electron chi connectivity index (χ3n) is 5.52. The van der Waals surface area contributed by atoms with Crippen molar-refractivity contribution in [1.29, 1.82) is 0 Å². The summed E-state index contributed by atoms with van der Waals surface area (Å²) in [5, 5.41) is 5.56. The van der Waals surface area contributed by atoms with E-state index in [0.29, 0.717) is 11.5 Å². The molecule has 1 aliphatic carbocycles. The van der Waals surface area contributed by atoms with Crippen molar-refractivity contribution in [3.63, 3.8) is 0 Å². The van der Waals surface area contributed by atoms with Crippen molar-refractivity contribution in [2.24, 2.45) is 5.92 Å². The predicted octanol–water partition coefficient (Wildman–Crippen LogP) is 3.34. The Kier molecular flexibility index (Phi) is 7.82. The fraction of sp³-hybridized carbons (Fsp3) is 0.609. The molecule has 6 nitrogen and oxygen atoms in total. The zero-order valence-corrected chi connectivity index (χ0v) is 18.2. The maximum absolute atomic E-state index is 12.4. The van der Waals surface area contributed by atoms with Gasteiger partial charge in [-0.05, 0) is 48.8 Å². The van der Waals surface area contributed by atoms with Gasteiger partial charge in [0.15, 0.2) is 6.61 Å². The summed E-state index contributed by atoms with van der Waals surface area (Å²) in [5.41, 5.74) is 1.60. The van der Waals surface area contributed by atoms with E-state index in [1.165, 1.54) is 6.42 Å². The highest BCUT2D eigenvalue weighted by Crippen LogP contribution is 2.24. The number of benzene rings is 1. The Labute approximate surface area is 173 Å². The monoisotopic (exact) mass is 402 g/mol. The minimum absolute atomic E-state index is 0.00208. The zero-order chi connectivity index (χ0) is 21.6. The third-order valence-corrected chi connectivity index (χ3v) is 5.52. The minimum Gasteiger partial charge on any atom is -0.454 e. The van der Waals surface area contributed by atoms with Crippen LogP contribution in [0, 0.1) is 5.92 Å². The number of hydrogen-bond acceptors (Lipinski definition) is 4. The van der Waals surface area contributed by atoms with Gasteiger partial charge < -0.3 is 15.4 Å². The van der Waals surface area contributed by atoms with Crippen molar-refractivity contribution in [3.05, 3.63) is 35.4 Å². The van der Waals surface area contributed by atoms with Crippen LogP contribution in [0.25, 0.3) is 0 Å². The van der Waals surface area contributed by atoms with Crippen molar-refractivity contribution in [2.45, 2.75) is 77.8 Å². The first kappa shape index (κ1) is 22.9. The zero-order valence-electron chi connectivity index (χ0n) is 18.2. The summed E-state index contributed by atoms with van der Waals surface area (Å²) >= 11 is 0. The molecular formula is C23H34N2O4. The largest absolute Gasteiger partial charge is 0.454 e. The average molecular weight is 403 g/mol. The van der Waals surface area contributed by atoms with Crippen LogP contribution in [-0.4, -0.2) is 36.5 Å².